The molecule has 0 spiro atoms. The Morgan fingerprint density at radius 3 is 2.50 bits per heavy atom. The van der Waals surface area contributed by atoms with Crippen molar-refractivity contribution < 1.29 is 9.90 Å². The number of fused-ring (bicyclic) bond motifs is 1. The number of nitrogens with zero attached hydrogens (tertiary/aromatic N) is 1. The van der Waals surface area contributed by atoms with Crippen LogP contribution in [0.2, 0.25) is 0 Å². The topological polar surface area (TPSA) is 66.6 Å². The fraction of sp³-hybridized carbons (Fsp3) is 0.500. The smallest absolute Gasteiger partial charge is 0.335 e. The van der Waals surface area contributed by atoms with Crippen LogP contribution >= 0.6 is 0 Å². The zero-order valence-corrected chi connectivity index (χ0v) is 10.3. The van der Waals surface area contributed by atoms with Gasteiger partial charge in [0.2, 0.25) is 0 Å². The predicted molar refractivity (Wildman–Crippen MR) is 70.9 cm³/mol. The summed E-state index contributed by atoms with van der Waals surface area (Å²) in [5, 5.41) is 8.93. The number of nitrogen functional groups attached to an aromatic ring is 1. The van der Waals surface area contributed by atoms with Gasteiger partial charge in [-0.15, -0.1) is 0 Å². The van der Waals surface area contributed by atoms with Gasteiger partial charge in [0, 0.05) is 13.1 Å². The number of carboxylic acid groups (broad SMARTS) is 1. The molecule has 3 rings (SSSR count). The van der Waals surface area contributed by atoms with E-state index >= 15 is 0 Å². The first-order valence-electron chi connectivity index (χ1n) is 6.53. The summed E-state index contributed by atoms with van der Waals surface area (Å²) in [5.74, 6) is 0.693. The minimum absolute atomic E-state index is 0.260. The van der Waals surface area contributed by atoms with Crippen LogP contribution < -0.4 is 10.6 Å². The maximum atomic E-state index is 10.9. The highest BCUT2D eigenvalue weighted by Crippen LogP contribution is 2.40. The molecule has 96 valence electrons. The van der Waals surface area contributed by atoms with E-state index in [1.54, 1.807) is 12.1 Å². The average Bonchev–Trinajstić information content (AvgIpc) is 2.88. The second kappa shape index (κ2) is 4.19. The molecule has 1 aromatic rings. The molecule has 1 aliphatic carbocycles. The molecule has 1 aliphatic heterocycles. The quantitative estimate of drug-likeness (QED) is 0.785. The van der Waals surface area contributed by atoms with E-state index in [0.29, 0.717) is 5.69 Å². The van der Waals surface area contributed by atoms with Crippen LogP contribution in [-0.2, 0) is 0 Å². The standard InChI is InChI=1S/C14H18N2O2/c15-12-6-9(14(17)18)4-5-13(12)16-7-10-2-1-3-11(10)8-16/h4-6,10-11H,1-3,7-8,15H2,(H,17,18). The summed E-state index contributed by atoms with van der Waals surface area (Å²) in [6, 6.07) is 5.05. The van der Waals surface area contributed by atoms with Crippen LogP contribution in [0.25, 0.3) is 0 Å². The Labute approximate surface area is 106 Å². The first-order chi connectivity index (χ1) is 8.65. The summed E-state index contributed by atoms with van der Waals surface area (Å²) < 4.78 is 0. The Balaban J connectivity index is 1.83. The number of anilines is 2. The lowest BCUT2D eigenvalue weighted by molar-refractivity contribution is 0.0697. The molecular weight excluding hydrogens is 228 g/mol. The van der Waals surface area contributed by atoms with Gasteiger partial charge in [-0.3, -0.25) is 0 Å². The van der Waals surface area contributed by atoms with Crippen molar-refractivity contribution in [2.75, 3.05) is 23.7 Å². The molecule has 1 aromatic carbocycles. The molecule has 1 saturated carbocycles. The lowest BCUT2D eigenvalue weighted by atomic mass is 10.0. The fourth-order valence-corrected chi connectivity index (χ4v) is 3.41. The van der Waals surface area contributed by atoms with Crippen molar-refractivity contribution in [1.82, 2.24) is 0 Å². The number of aromatic carboxylic acids is 1. The average molecular weight is 246 g/mol. The van der Waals surface area contributed by atoms with Gasteiger partial charge in [-0.25, -0.2) is 4.79 Å². The predicted octanol–water partition coefficient (Wildman–Crippen LogP) is 2.20. The number of hydrogen-bond donors (Lipinski definition) is 2. The molecule has 2 atom stereocenters. The highest BCUT2D eigenvalue weighted by atomic mass is 16.4. The maximum absolute atomic E-state index is 10.9. The van der Waals surface area contributed by atoms with Crippen molar-refractivity contribution in [3.63, 3.8) is 0 Å². The van der Waals surface area contributed by atoms with Crippen LogP contribution in [0.4, 0.5) is 11.4 Å². The van der Waals surface area contributed by atoms with Gasteiger partial charge in [0.15, 0.2) is 0 Å². The Kier molecular flexibility index (Phi) is 2.65. The van der Waals surface area contributed by atoms with Gasteiger partial charge < -0.3 is 15.7 Å². The molecule has 2 unspecified atom stereocenters. The van der Waals surface area contributed by atoms with E-state index in [0.717, 1.165) is 30.6 Å². The summed E-state index contributed by atoms with van der Waals surface area (Å²) in [4.78, 5) is 13.2. The summed E-state index contributed by atoms with van der Waals surface area (Å²) in [6.07, 6.45) is 4.01. The minimum atomic E-state index is -0.924. The summed E-state index contributed by atoms with van der Waals surface area (Å²) >= 11 is 0. The van der Waals surface area contributed by atoms with Crippen LogP contribution in [0.3, 0.4) is 0 Å². The molecule has 18 heavy (non-hydrogen) atoms. The largest absolute Gasteiger partial charge is 0.478 e. The Hall–Kier alpha value is -1.71. The second-order valence-electron chi connectivity index (χ2n) is 5.43. The highest BCUT2D eigenvalue weighted by molar-refractivity contribution is 5.90. The van der Waals surface area contributed by atoms with Crippen molar-refractivity contribution in [3.05, 3.63) is 23.8 Å². The SMILES string of the molecule is Nc1cc(C(=O)O)ccc1N1CC2CCCC2C1. The van der Waals surface area contributed by atoms with Crippen molar-refractivity contribution in [2.24, 2.45) is 11.8 Å². The third-order valence-electron chi connectivity index (χ3n) is 4.34. The van der Waals surface area contributed by atoms with E-state index in [2.05, 4.69) is 4.90 Å². The minimum Gasteiger partial charge on any atom is -0.478 e. The molecule has 3 N–H and O–H groups in total. The fourth-order valence-electron chi connectivity index (χ4n) is 3.41. The monoisotopic (exact) mass is 246 g/mol. The van der Waals surface area contributed by atoms with Crippen LogP contribution in [-0.4, -0.2) is 24.2 Å². The van der Waals surface area contributed by atoms with E-state index in [-0.39, 0.29) is 5.56 Å². The summed E-state index contributed by atoms with van der Waals surface area (Å²) in [7, 11) is 0. The van der Waals surface area contributed by atoms with E-state index < -0.39 is 5.97 Å². The van der Waals surface area contributed by atoms with E-state index in [1.807, 2.05) is 6.07 Å². The van der Waals surface area contributed by atoms with Crippen LogP contribution in [0, 0.1) is 11.8 Å². The number of nitrogens with two attached hydrogens (primary N) is 1. The number of rotatable bonds is 2. The van der Waals surface area contributed by atoms with E-state index in [9.17, 15) is 4.79 Å². The number of hydrogen-bond acceptors (Lipinski definition) is 3. The van der Waals surface area contributed by atoms with Gasteiger partial charge in [-0.1, -0.05) is 6.42 Å². The van der Waals surface area contributed by atoms with E-state index in [1.165, 1.54) is 19.3 Å². The Morgan fingerprint density at radius 1 is 1.28 bits per heavy atom. The molecular formula is C14H18N2O2. The van der Waals surface area contributed by atoms with Crippen LogP contribution in [0.15, 0.2) is 18.2 Å². The molecule has 4 heteroatoms. The molecule has 2 fully saturated rings. The van der Waals surface area contributed by atoms with Crippen molar-refractivity contribution in [3.8, 4) is 0 Å². The lowest BCUT2D eigenvalue weighted by Crippen LogP contribution is -2.22. The number of carboxylic acids is 1. The molecule has 4 nitrogen and oxygen atoms in total. The summed E-state index contributed by atoms with van der Waals surface area (Å²) in [6.45, 7) is 2.14. The van der Waals surface area contributed by atoms with Crippen LogP contribution in [0.1, 0.15) is 29.6 Å². The first kappa shape index (κ1) is 11.4. The summed E-state index contributed by atoms with van der Waals surface area (Å²) in [5.41, 5.74) is 7.82. The van der Waals surface area contributed by atoms with Gasteiger partial charge in [0.05, 0.1) is 16.9 Å². The molecule has 0 aromatic heterocycles. The first-order valence-corrected chi connectivity index (χ1v) is 6.53. The van der Waals surface area contributed by atoms with Gasteiger partial charge in [0.25, 0.3) is 0 Å². The molecule has 0 amide bonds. The lowest BCUT2D eigenvalue weighted by Gasteiger charge is -2.21. The zero-order valence-electron chi connectivity index (χ0n) is 10.3. The Morgan fingerprint density at radius 2 is 1.94 bits per heavy atom. The van der Waals surface area contributed by atoms with E-state index in [4.69, 9.17) is 10.8 Å². The zero-order chi connectivity index (χ0) is 12.7. The normalized spacial score (nSPS) is 26.3. The molecule has 1 saturated heterocycles. The number of benzene rings is 1. The second-order valence-corrected chi connectivity index (χ2v) is 5.43. The van der Waals surface area contributed by atoms with Crippen LogP contribution in [0.5, 0.6) is 0 Å². The van der Waals surface area contributed by atoms with Crippen molar-refractivity contribution in [2.45, 2.75) is 19.3 Å². The van der Waals surface area contributed by atoms with Gasteiger partial charge in [-0.05, 0) is 42.9 Å². The highest BCUT2D eigenvalue weighted by Gasteiger charge is 2.36. The van der Waals surface area contributed by atoms with Crippen molar-refractivity contribution in [1.29, 1.82) is 0 Å². The maximum Gasteiger partial charge on any atom is 0.335 e. The van der Waals surface area contributed by atoms with Gasteiger partial charge in [0.1, 0.15) is 0 Å². The van der Waals surface area contributed by atoms with Gasteiger partial charge in [-0.2, -0.15) is 0 Å². The van der Waals surface area contributed by atoms with Crippen molar-refractivity contribution >= 4 is 17.3 Å². The molecule has 0 radical (unpaired) electrons. The third kappa shape index (κ3) is 1.82. The number of carbonyl (C=O) groups is 1. The Bertz CT molecular complexity index is 475. The molecule has 0 bridgehead atoms. The molecule has 2 aliphatic rings. The third-order valence-corrected chi connectivity index (χ3v) is 4.34. The van der Waals surface area contributed by atoms with Gasteiger partial charge >= 0.3 is 5.97 Å². The molecule has 1 heterocycles.